The van der Waals surface area contributed by atoms with Crippen LogP contribution in [0.5, 0.6) is 0 Å². The first-order chi connectivity index (χ1) is 9.31. The fraction of sp³-hybridized carbons (Fsp3) is 0.417. The highest BCUT2D eigenvalue weighted by atomic mass is 32.2. The van der Waals surface area contributed by atoms with Crippen molar-refractivity contribution in [1.29, 1.82) is 0 Å². The van der Waals surface area contributed by atoms with Gasteiger partial charge in [-0.3, -0.25) is 4.79 Å². The maximum absolute atomic E-state index is 11.9. The highest BCUT2D eigenvalue weighted by molar-refractivity contribution is 7.89. The van der Waals surface area contributed by atoms with Gasteiger partial charge in [-0.2, -0.15) is 0 Å². The lowest BCUT2D eigenvalue weighted by Gasteiger charge is -2.21. The van der Waals surface area contributed by atoms with Crippen LogP contribution in [0.25, 0.3) is 0 Å². The zero-order valence-electron chi connectivity index (χ0n) is 11.8. The summed E-state index contributed by atoms with van der Waals surface area (Å²) in [4.78, 5) is 13.1. The summed E-state index contributed by atoms with van der Waals surface area (Å²) in [7, 11) is -0.345. The zero-order valence-corrected chi connectivity index (χ0v) is 12.6. The van der Waals surface area contributed by atoms with Gasteiger partial charge in [0.15, 0.2) is 0 Å². The van der Waals surface area contributed by atoms with Crippen molar-refractivity contribution >= 4 is 27.3 Å². The molecule has 1 aromatic rings. The van der Waals surface area contributed by atoms with Crippen molar-refractivity contribution in [2.24, 2.45) is 0 Å². The summed E-state index contributed by atoms with van der Waals surface area (Å²) in [6.07, 6.45) is 0. The summed E-state index contributed by atoms with van der Waals surface area (Å²) >= 11 is 0. The van der Waals surface area contributed by atoms with E-state index in [0.717, 1.165) is 0 Å². The highest BCUT2D eigenvalue weighted by Crippen LogP contribution is 2.25. The van der Waals surface area contributed by atoms with E-state index in [0.29, 0.717) is 17.9 Å². The molecule has 0 unspecified atom stereocenters. The van der Waals surface area contributed by atoms with Crippen LogP contribution in [-0.4, -0.2) is 41.5 Å². The van der Waals surface area contributed by atoms with E-state index in [9.17, 15) is 13.2 Å². The Kier molecular flexibility index (Phi) is 5.34. The molecule has 0 spiro atoms. The van der Waals surface area contributed by atoms with E-state index in [2.05, 4.69) is 10.0 Å². The molecule has 0 bridgehead atoms. The molecule has 4 N–H and O–H groups in total. The van der Waals surface area contributed by atoms with E-state index in [1.165, 1.54) is 25.2 Å². The number of carbonyl (C=O) groups is 1. The van der Waals surface area contributed by atoms with Gasteiger partial charge in [0, 0.05) is 20.6 Å². The third-order valence-electron chi connectivity index (χ3n) is 2.72. The number of benzene rings is 1. The fourth-order valence-corrected chi connectivity index (χ4v) is 2.73. The average Bonchev–Trinajstić information content (AvgIpc) is 2.38. The van der Waals surface area contributed by atoms with Crippen molar-refractivity contribution < 1.29 is 13.2 Å². The Balaban J connectivity index is 3.12. The van der Waals surface area contributed by atoms with Gasteiger partial charge < -0.3 is 16.0 Å². The number of carbonyl (C=O) groups excluding carboxylic acids is 1. The molecule has 0 aliphatic carbocycles. The van der Waals surface area contributed by atoms with Crippen molar-refractivity contribution in [2.45, 2.75) is 11.8 Å². The zero-order chi connectivity index (χ0) is 15.3. The molecule has 0 atom stereocenters. The smallest absolute Gasteiger partial charge is 0.240 e. The average molecular weight is 300 g/mol. The Labute approximate surface area is 119 Å². The molecule has 0 saturated heterocycles. The minimum Gasteiger partial charge on any atom is -0.397 e. The second-order valence-corrected chi connectivity index (χ2v) is 6.02. The van der Waals surface area contributed by atoms with Crippen molar-refractivity contribution in [1.82, 2.24) is 10.0 Å². The number of anilines is 2. The number of nitrogen functional groups attached to an aromatic ring is 1. The van der Waals surface area contributed by atoms with Crippen LogP contribution in [-0.2, 0) is 14.8 Å². The first kappa shape index (κ1) is 16.3. The Morgan fingerprint density at radius 3 is 2.60 bits per heavy atom. The predicted octanol–water partition coefficient (Wildman–Crippen LogP) is -0.251. The Bertz CT molecular complexity index is 586. The maximum atomic E-state index is 11.9. The lowest BCUT2D eigenvalue weighted by Crippen LogP contribution is -2.33. The Hall–Kier alpha value is -1.80. The van der Waals surface area contributed by atoms with Gasteiger partial charge in [0.1, 0.15) is 0 Å². The number of likely N-dealkylation sites (N-methyl/N-ethyl adjacent to an activating group) is 2. The molecular formula is C12H20N4O3S. The highest BCUT2D eigenvalue weighted by Gasteiger charge is 2.16. The minimum absolute atomic E-state index is 0.0887. The first-order valence-corrected chi connectivity index (χ1v) is 7.61. The topological polar surface area (TPSA) is 105 Å². The first-order valence-electron chi connectivity index (χ1n) is 6.12. The fourth-order valence-electron chi connectivity index (χ4n) is 1.67. The number of nitrogens with one attached hydrogen (secondary N) is 2. The number of hydrogen-bond donors (Lipinski definition) is 3. The normalized spacial score (nSPS) is 11.2. The molecule has 0 radical (unpaired) electrons. The number of nitrogens with zero attached hydrogens (tertiary/aromatic N) is 1. The van der Waals surface area contributed by atoms with Crippen molar-refractivity contribution in [3.8, 4) is 0 Å². The Morgan fingerprint density at radius 2 is 2.05 bits per heavy atom. The lowest BCUT2D eigenvalue weighted by molar-refractivity contribution is -0.119. The minimum atomic E-state index is -3.55. The molecule has 0 fully saturated rings. The monoisotopic (exact) mass is 300 g/mol. The molecule has 0 heterocycles. The van der Waals surface area contributed by atoms with Gasteiger partial charge in [-0.15, -0.1) is 0 Å². The van der Waals surface area contributed by atoms with Gasteiger partial charge >= 0.3 is 0 Å². The molecule has 7 nitrogen and oxygen atoms in total. The molecular weight excluding hydrogens is 280 g/mol. The molecule has 1 aromatic carbocycles. The van der Waals surface area contributed by atoms with E-state index in [1.54, 1.807) is 18.9 Å². The van der Waals surface area contributed by atoms with Gasteiger partial charge in [0.2, 0.25) is 15.9 Å². The van der Waals surface area contributed by atoms with Crippen LogP contribution in [0.3, 0.4) is 0 Å². The molecule has 1 rings (SSSR count). The quantitative estimate of drug-likeness (QED) is 0.628. The van der Waals surface area contributed by atoms with E-state index < -0.39 is 10.0 Å². The van der Waals surface area contributed by atoms with E-state index in [-0.39, 0.29) is 17.3 Å². The molecule has 1 amide bonds. The predicted molar refractivity (Wildman–Crippen MR) is 79.1 cm³/mol. The van der Waals surface area contributed by atoms with Crippen LogP contribution in [0.2, 0.25) is 0 Å². The second-order valence-electron chi connectivity index (χ2n) is 4.25. The van der Waals surface area contributed by atoms with Crippen molar-refractivity contribution in [3.63, 3.8) is 0 Å². The summed E-state index contributed by atoms with van der Waals surface area (Å²) in [6, 6.07) is 4.40. The van der Waals surface area contributed by atoms with Gasteiger partial charge in [-0.1, -0.05) is 6.92 Å². The Morgan fingerprint density at radius 1 is 1.40 bits per heavy atom. The third kappa shape index (κ3) is 3.84. The summed E-state index contributed by atoms with van der Waals surface area (Å²) in [5.74, 6) is -0.188. The second kappa shape index (κ2) is 6.58. The largest absolute Gasteiger partial charge is 0.397 e. The van der Waals surface area contributed by atoms with Crippen LogP contribution < -0.4 is 20.7 Å². The number of hydrogen-bond acceptors (Lipinski definition) is 5. The van der Waals surface area contributed by atoms with Gasteiger partial charge in [-0.05, 0) is 18.2 Å². The molecule has 0 saturated carbocycles. The molecule has 0 aliphatic heterocycles. The van der Waals surface area contributed by atoms with Crippen molar-refractivity contribution in [2.75, 3.05) is 37.8 Å². The molecule has 8 heteroatoms. The van der Waals surface area contributed by atoms with Crippen LogP contribution in [0.1, 0.15) is 6.92 Å². The van der Waals surface area contributed by atoms with Crippen molar-refractivity contribution in [3.05, 3.63) is 18.2 Å². The number of sulfonamides is 1. The van der Waals surface area contributed by atoms with E-state index in [1.807, 2.05) is 0 Å². The van der Waals surface area contributed by atoms with Crippen LogP contribution in [0.15, 0.2) is 23.1 Å². The summed E-state index contributed by atoms with van der Waals surface area (Å²) in [5.41, 5.74) is 6.74. The van der Waals surface area contributed by atoms with E-state index >= 15 is 0 Å². The SMILES string of the molecule is CCNS(=O)(=O)c1ccc(N)c(N(C)CC(=O)NC)c1. The van der Waals surface area contributed by atoms with Gasteiger partial charge in [-0.25, -0.2) is 13.1 Å². The number of rotatable bonds is 6. The van der Waals surface area contributed by atoms with Crippen LogP contribution in [0, 0.1) is 0 Å². The third-order valence-corrected chi connectivity index (χ3v) is 4.26. The number of nitrogens with two attached hydrogens (primary N) is 1. The van der Waals surface area contributed by atoms with Crippen LogP contribution >= 0.6 is 0 Å². The molecule has 0 aromatic heterocycles. The molecule has 0 aliphatic rings. The van der Waals surface area contributed by atoms with Crippen LogP contribution in [0.4, 0.5) is 11.4 Å². The van der Waals surface area contributed by atoms with Gasteiger partial charge in [0.05, 0.1) is 22.8 Å². The molecule has 112 valence electrons. The standard InChI is InChI=1S/C12H20N4O3S/c1-4-15-20(18,19)9-5-6-10(13)11(7-9)16(3)8-12(17)14-2/h5-7,15H,4,8,13H2,1-3H3,(H,14,17). The summed E-state index contributed by atoms with van der Waals surface area (Å²) in [6.45, 7) is 2.09. The summed E-state index contributed by atoms with van der Waals surface area (Å²) < 4.78 is 26.3. The van der Waals surface area contributed by atoms with Gasteiger partial charge in [0.25, 0.3) is 0 Å². The molecule has 20 heavy (non-hydrogen) atoms. The van der Waals surface area contributed by atoms with E-state index in [4.69, 9.17) is 5.73 Å². The maximum Gasteiger partial charge on any atom is 0.240 e. The number of amides is 1. The lowest BCUT2D eigenvalue weighted by atomic mass is 10.2. The summed E-state index contributed by atoms with van der Waals surface area (Å²) in [5, 5.41) is 2.50.